The van der Waals surface area contributed by atoms with Crippen LogP contribution in [0.5, 0.6) is 0 Å². The molecule has 2 saturated heterocycles. The van der Waals surface area contributed by atoms with Crippen LogP contribution < -0.4 is 11.2 Å². The molecule has 3 atom stereocenters. The van der Waals surface area contributed by atoms with Gasteiger partial charge in [0.05, 0.1) is 24.0 Å². The molecule has 0 spiro atoms. The number of ether oxygens (including phenoxy) is 2. The van der Waals surface area contributed by atoms with E-state index in [1.165, 1.54) is 0 Å². The largest absolute Gasteiger partial charge is 0.375 e. The Morgan fingerprint density at radius 1 is 1.42 bits per heavy atom. The first-order valence-corrected chi connectivity index (χ1v) is 8.92. The van der Waals surface area contributed by atoms with Gasteiger partial charge in [0.15, 0.2) is 11.4 Å². The Kier molecular flexibility index (Phi) is 4.71. The number of benzene rings is 1. The van der Waals surface area contributed by atoms with Gasteiger partial charge in [-0.05, 0) is 53.1 Å². The fourth-order valence-electron chi connectivity index (χ4n) is 2.94. The van der Waals surface area contributed by atoms with E-state index in [-0.39, 0.29) is 17.3 Å². The lowest BCUT2D eigenvalue weighted by Crippen LogP contribution is -2.39. The maximum atomic E-state index is 6.05. The summed E-state index contributed by atoms with van der Waals surface area (Å²) in [5.41, 5.74) is 9.36. The minimum Gasteiger partial charge on any atom is -0.375 e. The second kappa shape index (κ2) is 7.00. The fourth-order valence-corrected chi connectivity index (χ4v) is 3.49. The van der Waals surface area contributed by atoms with Gasteiger partial charge in [0, 0.05) is 11.4 Å². The van der Waals surface area contributed by atoms with Gasteiger partial charge >= 0.3 is 0 Å². The number of nitrogens with zero attached hydrogens (tertiary/aromatic N) is 5. The van der Waals surface area contributed by atoms with Crippen molar-refractivity contribution < 1.29 is 9.47 Å². The van der Waals surface area contributed by atoms with Gasteiger partial charge in [0.25, 0.3) is 0 Å². The number of tetrazole rings is 1. The van der Waals surface area contributed by atoms with Crippen LogP contribution in [-0.2, 0) is 9.47 Å². The number of thiocarbonyl (C=S) groups is 1. The molecule has 9 nitrogen and oxygen atoms in total. The van der Waals surface area contributed by atoms with Crippen molar-refractivity contribution in [3.8, 4) is 5.69 Å². The summed E-state index contributed by atoms with van der Waals surface area (Å²) in [5.74, 6) is 0. The average Bonchev–Trinajstić information content (AvgIpc) is 3.19. The zero-order valence-corrected chi connectivity index (χ0v) is 15.7. The molecule has 3 N–H and O–H groups in total. The van der Waals surface area contributed by atoms with Crippen molar-refractivity contribution in [3.05, 3.63) is 34.1 Å². The molecule has 4 rings (SSSR count). The van der Waals surface area contributed by atoms with Crippen LogP contribution in [0.1, 0.15) is 12.5 Å². The Hall–Kier alpha value is -1.92. The lowest BCUT2D eigenvalue weighted by molar-refractivity contribution is -0.0324. The number of hydrogen-bond donors (Lipinski definition) is 2. The van der Waals surface area contributed by atoms with Crippen LogP contribution in [0.2, 0.25) is 5.02 Å². The van der Waals surface area contributed by atoms with Crippen LogP contribution >= 0.6 is 36.0 Å². The number of hydrogen-bond acceptors (Lipinski definition) is 7. The summed E-state index contributed by atoms with van der Waals surface area (Å²) in [6.45, 7) is 0.410. The van der Waals surface area contributed by atoms with Crippen molar-refractivity contribution in [1.29, 1.82) is 0 Å². The minimum absolute atomic E-state index is 0.0673. The van der Waals surface area contributed by atoms with Crippen LogP contribution in [-0.4, -0.2) is 49.6 Å². The molecule has 2 aromatic rings. The number of fused-ring (bicyclic) bond motifs is 2. The Morgan fingerprint density at radius 3 is 3.04 bits per heavy atom. The molecule has 2 fully saturated rings. The van der Waals surface area contributed by atoms with Gasteiger partial charge in [-0.2, -0.15) is 9.78 Å². The van der Waals surface area contributed by atoms with E-state index in [2.05, 4.69) is 21.0 Å². The maximum Gasteiger partial charge on any atom is 0.221 e. The van der Waals surface area contributed by atoms with E-state index in [4.69, 9.17) is 51.2 Å². The number of hydrazone groups is 1. The third-order valence-electron chi connectivity index (χ3n) is 4.11. The molecule has 0 unspecified atom stereocenters. The molecular weight excluding hydrogens is 398 g/mol. The van der Waals surface area contributed by atoms with E-state index >= 15 is 0 Å². The minimum atomic E-state index is -0.518. The van der Waals surface area contributed by atoms with Crippen molar-refractivity contribution in [1.82, 2.24) is 25.2 Å². The molecule has 1 aromatic carbocycles. The first-order chi connectivity index (χ1) is 12.5. The topological polar surface area (TPSA) is 105 Å². The normalized spacial score (nSPS) is 26.2. The highest BCUT2D eigenvalue weighted by atomic mass is 35.5. The van der Waals surface area contributed by atoms with Crippen LogP contribution in [0.25, 0.3) is 5.69 Å². The summed E-state index contributed by atoms with van der Waals surface area (Å²) < 4.78 is 15.1. The molecule has 136 valence electrons. The number of nitrogens with two attached hydrogens (primary N) is 1. The summed E-state index contributed by atoms with van der Waals surface area (Å²) in [7, 11) is 0. The molecule has 3 heterocycles. The predicted molar refractivity (Wildman–Crippen MR) is 101 cm³/mol. The highest BCUT2D eigenvalue weighted by Crippen LogP contribution is 2.33. The van der Waals surface area contributed by atoms with E-state index in [1.54, 1.807) is 21.5 Å². The van der Waals surface area contributed by atoms with Gasteiger partial charge in [0.1, 0.15) is 6.10 Å². The summed E-state index contributed by atoms with van der Waals surface area (Å²) in [6.07, 6.45) is -0.191. The Balaban J connectivity index is 1.66. The maximum absolute atomic E-state index is 6.05. The van der Waals surface area contributed by atoms with E-state index in [1.807, 2.05) is 12.1 Å². The van der Waals surface area contributed by atoms with Crippen molar-refractivity contribution in [2.75, 3.05) is 6.61 Å². The van der Waals surface area contributed by atoms with Crippen molar-refractivity contribution in [2.24, 2.45) is 10.8 Å². The number of halogens is 1. The third kappa shape index (κ3) is 3.23. The molecule has 1 aromatic heterocycles. The van der Waals surface area contributed by atoms with Crippen molar-refractivity contribution >= 4 is 46.9 Å². The highest BCUT2D eigenvalue weighted by Gasteiger charge is 2.44. The smallest absolute Gasteiger partial charge is 0.221 e. The van der Waals surface area contributed by atoms with Gasteiger partial charge in [-0.25, -0.2) is 4.68 Å². The van der Waals surface area contributed by atoms with Gasteiger partial charge in [-0.1, -0.05) is 17.7 Å². The van der Waals surface area contributed by atoms with E-state index in [9.17, 15) is 0 Å². The molecule has 2 aliphatic rings. The monoisotopic (exact) mass is 411 g/mol. The van der Waals surface area contributed by atoms with Crippen LogP contribution in [0.3, 0.4) is 0 Å². The molecule has 0 radical (unpaired) electrons. The molecular formula is C14H14ClN7O2S2. The second-order valence-electron chi connectivity index (χ2n) is 5.79. The number of rotatable bonds is 3. The molecule has 0 saturated carbocycles. The molecule has 2 bridgehead atoms. The first kappa shape index (κ1) is 17.5. The number of aromatic nitrogens is 4. The fraction of sp³-hybridized carbons (Fsp3) is 0.357. The SMILES string of the molecule is NC(=S)N/N=C1/C[C@@H](n2nnn(-c3cccc(Cl)c3)c2=S)[C@@H]2CO[C@H]1O2. The van der Waals surface area contributed by atoms with Gasteiger partial charge in [-0.3, -0.25) is 5.43 Å². The van der Waals surface area contributed by atoms with Crippen molar-refractivity contribution in [2.45, 2.75) is 24.9 Å². The van der Waals surface area contributed by atoms with Gasteiger partial charge < -0.3 is 15.2 Å². The molecule has 0 aliphatic carbocycles. The predicted octanol–water partition coefficient (Wildman–Crippen LogP) is 1.33. The quantitative estimate of drug-likeness (QED) is 0.575. The lowest BCUT2D eigenvalue weighted by Gasteiger charge is -2.27. The van der Waals surface area contributed by atoms with Crippen LogP contribution in [0, 0.1) is 4.77 Å². The second-order valence-corrected chi connectivity index (χ2v) is 7.03. The Morgan fingerprint density at radius 2 is 2.27 bits per heavy atom. The average molecular weight is 412 g/mol. The van der Waals surface area contributed by atoms with Crippen molar-refractivity contribution in [3.63, 3.8) is 0 Å². The molecule has 12 heteroatoms. The Bertz CT molecular complexity index is 943. The lowest BCUT2D eigenvalue weighted by atomic mass is 10.0. The van der Waals surface area contributed by atoms with E-state index in [0.717, 1.165) is 5.69 Å². The van der Waals surface area contributed by atoms with Gasteiger partial charge in [-0.15, -0.1) is 0 Å². The van der Waals surface area contributed by atoms with Crippen LogP contribution in [0.4, 0.5) is 0 Å². The summed E-state index contributed by atoms with van der Waals surface area (Å²) >= 11 is 16.4. The summed E-state index contributed by atoms with van der Waals surface area (Å²) in [4.78, 5) is 0. The van der Waals surface area contributed by atoms with E-state index in [0.29, 0.717) is 28.5 Å². The summed E-state index contributed by atoms with van der Waals surface area (Å²) in [5, 5.41) is 13.2. The molecule has 2 aliphatic heterocycles. The Labute approximate surface area is 163 Å². The van der Waals surface area contributed by atoms with E-state index < -0.39 is 6.29 Å². The zero-order chi connectivity index (χ0) is 18.3. The standard InChI is InChI=1S/C14H14ClN7O2S2/c15-7-2-1-3-8(4-7)21-14(26)22(20-19-21)10-5-9(17-18-13(16)25)12-23-6-11(10)24-12/h1-4,10-12H,5-6H2,(H3,16,18,25)/b17-9-/t10-,11+,12+/m1/s1. The molecule has 26 heavy (non-hydrogen) atoms. The highest BCUT2D eigenvalue weighted by molar-refractivity contribution is 7.80. The number of nitrogens with one attached hydrogen (secondary N) is 1. The van der Waals surface area contributed by atoms with Crippen LogP contribution in [0.15, 0.2) is 29.4 Å². The summed E-state index contributed by atoms with van der Waals surface area (Å²) in [6, 6.07) is 7.01. The first-order valence-electron chi connectivity index (χ1n) is 7.72. The third-order valence-corrected chi connectivity index (χ3v) is 4.80. The van der Waals surface area contributed by atoms with Gasteiger partial charge in [0.2, 0.25) is 4.77 Å². The molecule has 0 amide bonds. The zero-order valence-electron chi connectivity index (χ0n) is 13.3.